The summed E-state index contributed by atoms with van der Waals surface area (Å²) in [6.45, 7) is 0. The molecule has 0 N–H and O–H groups in total. The SMILES string of the molecule is C1=Cc2c(c3cc(-c4cccc5c6ccccc6n(-c6cccc(-c7ccccc7)c6)c45)ccc3n2-c2ccccc2)CC1. The van der Waals surface area contributed by atoms with Gasteiger partial charge in [0, 0.05) is 38.8 Å². The molecule has 2 nitrogen and oxygen atoms in total. The van der Waals surface area contributed by atoms with E-state index in [1.165, 1.54) is 77.6 Å². The topological polar surface area (TPSA) is 9.86 Å². The highest BCUT2D eigenvalue weighted by Crippen LogP contribution is 2.41. The van der Waals surface area contributed by atoms with Crippen molar-refractivity contribution in [1.82, 2.24) is 9.13 Å². The number of nitrogens with zero attached hydrogens (tertiary/aromatic N) is 2. The predicted molar refractivity (Wildman–Crippen MR) is 186 cm³/mol. The Balaban J connectivity index is 1.31. The van der Waals surface area contributed by atoms with Crippen molar-refractivity contribution in [1.29, 1.82) is 0 Å². The number of allylic oxidation sites excluding steroid dienone is 1. The number of rotatable bonds is 4. The van der Waals surface area contributed by atoms with E-state index >= 15 is 0 Å². The van der Waals surface area contributed by atoms with E-state index in [-0.39, 0.29) is 0 Å². The van der Waals surface area contributed by atoms with Gasteiger partial charge in [-0.3, -0.25) is 0 Å². The fourth-order valence-corrected chi connectivity index (χ4v) is 7.23. The lowest BCUT2D eigenvalue weighted by atomic mass is 9.96. The van der Waals surface area contributed by atoms with Gasteiger partial charge in [0.15, 0.2) is 0 Å². The van der Waals surface area contributed by atoms with E-state index in [4.69, 9.17) is 0 Å². The summed E-state index contributed by atoms with van der Waals surface area (Å²) in [5, 5.41) is 3.89. The van der Waals surface area contributed by atoms with Gasteiger partial charge >= 0.3 is 0 Å². The second kappa shape index (κ2) is 10.00. The largest absolute Gasteiger partial charge is 0.310 e. The molecule has 9 rings (SSSR count). The molecule has 208 valence electrons. The van der Waals surface area contributed by atoms with Crippen molar-refractivity contribution in [3.8, 4) is 33.6 Å². The van der Waals surface area contributed by atoms with E-state index in [2.05, 4.69) is 167 Å². The van der Waals surface area contributed by atoms with Crippen LogP contribution in [0.2, 0.25) is 0 Å². The van der Waals surface area contributed by atoms with E-state index in [9.17, 15) is 0 Å². The summed E-state index contributed by atoms with van der Waals surface area (Å²) >= 11 is 0. The van der Waals surface area contributed by atoms with Crippen molar-refractivity contribution in [3.63, 3.8) is 0 Å². The maximum absolute atomic E-state index is 2.46. The summed E-state index contributed by atoms with van der Waals surface area (Å²) in [4.78, 5) is 0. The van der Waals surface area contributed by atoms with Crippen molar-refractivity contribution < 1.29 is 0 Å². The van der Waals surface area contributed by atoms with Crippen LogP contribution in [0.4, 0.5) is 0 Å². The molecule has 0 spiro atoms. The Hall–Kier alpha value is -5.60. The molecule has 2 heteroatoms. The van der Waals surface area contributed by atoms with Crippen LogP contribution in [-0.4, -0.2) is 9.13 Å². The molecule has 44 heavy (non-hydrogen) atoms. The van der Waals surface area contributed by atoms with E-state index in [1.807, 2.05) is 0 Å². The molecule has 0 bridgehead atoms. The van der Waals surface area contributed by atoms with Crippen LogP contribution < -0.4 is 0 Å². The third kappa shape index (κ3) is 3.81. The Kier molecular flexibility index (Phi) is 5.67. The Morgan fingerprint density at radius 2 is 1.16 bits per heavy atom. The zero-order chi connectivity index (χ0) is 29.0. The van der Waals surface area contributed by atoms with Crippen molar-refractivity contribution in [2.75, 3.05) is 0 Å². The molecule has 1 aliphatic rings. The van der Waals surface area contributed by atoms with Gasteiger partial charge in [0.05, 0.1) is 16.6 Å². The Bertz CT molecular complexity index is 2370. The van der Waals surface area contributed by atoms with Gasteiger partial charge in [-0.15, -0.1) is 0 Å². The maximum Gasteiger partial charge on any atom is 0.0619 e. The lowest BCUT2D eigenvalue weighted by Gasteiger charge is -2.14. The summed E-state index contributed by atoms with van der Waals surface area (Å²) in [5.74, 6) is 0. The van der Waals surface area contributed by atoms with Crippen LogP contribution in [0, 0.1) is 0 Å². The number of aryl methyl sites for hydroxylation is 1. The molecule has 2 heterocycles. The minimum atomic E-state index is 1.06. The van der Waals surface area contributed by atoms with Crippen molar-refractivity contribution >= 4 is 38.8 Å². The molecule has 0 amide bonds. The van der Waals surface area contributed by atoms with E-state index < -0.39 is 0 Å². The molecular weight excluding hydrogens is 532 g/mol. The molecular formula is C42H30N2. The molecule has 6 aromatic carbocycles. The molecule has 0 atom stereocenters. The molecule has 0 radical (unpaired) electrons. The number of fused-ring (bicyclic) bond motifs is 6. The van der Waals surface area contributed by atoms with Gasteiger partial charge < -0.3 is 9.13 Å². The van der Waals surface area contributed by atoms with E-state index in [0.29, 0.717) is 0 Å². The molecule has 0 aliphatic heterocycles. The van der Waals surface area contributed by atoms with Crippen LogP contribution in [0.5, 0.6) is 0 Å². The smallest absolute Gasteiger partial charge is 0.0619 e. The minimum absolute atomic E-state index is 1.06. The summed E-state index contributed by atoms with van der Waals surface area (Å²) in [6.07, 6.45) is 6.75. The highest BCUT2D eigenvalue weighted by molar-refractivity contribution is 6.14. The highest BCUT2D eigenvalue weighted by Gasteiger charge is 2.21. The first-order chi connectivity index (χ1) is 21.8. The van der Waals surface area contributed by atoms with Crippen LogP contribution in [0.25, 0.3) is 72.4 Å². The Morgan fingerprint density at radius 1 is 0.455 bits per heavy atom. The third-order valence-corrected chi connectivity index (χ3v) is 9.18. The second-order valence-corrected chi connectivity index (χ2v) is 11.7. The van der Waals surface area contributed by atoms with Crippen molar-refractivity contribution in [2.45, 2.75) is 12.8 Å². The van der Waals surface area contributed by atoms with Gasteiger partial charge in [0.2, 0.25) is 0 Å². The lowest BCUT2D eigenvalue weighted by Crippen LogP contribution is -1.99. The lowest BCUT2D eigenvalue weighted by molar-refractivity contribution is 0.967. The quantitative estimate of drug-likeness (QED) is 0.202. The van der Waals surface area contributed by atoms with Gasteiger partial charge in [0.25, 0.3) is 0 Å². The van der Waals surface area contributed by atoms with Crippen molar-refractivity contribution in [3.05, 3.63) is 163 Å². The summed E-state index contributed by atoms with van der Waals surface area (Å²) in [5.41, 5.74) is 13.8. The van der Waals surface area contributed by atoms with Gasteiger partial charge in [-0.05, 0) is 83.6 Å². The number of hydrogen-bond acceptors (Lipinski definition) is 0. The summed E-state index contributed by atoms with van der Waals surface area (Å²) in [6, 6.07) is 53.0. The molecule has 2 aromatic heterocycles. The fourth-order valence-electron chi connectivity index (χ4n) is 7.23. The summed E-state index contributed by atoms with van der Waals surface area (Å²) < 4.78 is 4.89. The number of benzene rings is 6. The molecule has 0 fully saturated rings. The predicted octanol–water partition coefficient (Wildman–Crippen LogP) is 11.0. The normalized spacial score (nSPS) is 12.7. The van der Waals surface area contributed by atoms with E-state index in [0.717, 1.165) is 12.8 Å². The van der Waals surface area contributed by atoms with Crippen LogP contribution in [0.1, 0.15) is 17.7 Å². The van der Waals surface area contributed by atoms with Gasteiger partial charge in [-0.25, -0.2) is 0 Å². The highest BCUT2D eigenvalue weighted by atomic mass is 15.0. The Labute approximate surface area is 256 Å². The molecule has 0 unspecified atom stereocenters. The monoisotopic (exact) mass is 562 g/mol. The molecule has 0 saturated carbocycles. The van der Waals surface area contributed by atoms with Crippen LogP contribution in [0.3, 0.4) is 0 Å². The average molecular weight is 563 g/mol. The zero-order valence-electron chi connectivity index (χ0n) is 24.3. The average Bonchev–Trinajstić information content (AvgIpc) is 3.62. The first kappa shape index (κ1) is 24.9. The second-order valence-electron chi connectivity index (χ2n) is 11.7. The van der Waals surface area contributed by atoms with Crippen molar-refractivity contribution in [2.24, 2.45) is 0 Å². The maximum atomic E-state index is 2.46. The van der Waals surface area contributed by atoms with Gasteiger partial charge in [-0.2, -0.15) is 0 Å². The minimum Gasteiger partial charge on any atom is -0.310 e. The third-order valence-electron chi connectivity index (χ3n) is 9.18. The van der Waals surface area contributed by atoms with Crippen LogP contribution in [-0.2, 0) is 6.42 Å². The molecule has 8 aromatic rings. The zero-order valence-corrected chi connectivity index (χ0v) is 24.3. The molecule has 1 aliphatic carbocycles. The first-order valence-corrected chi connectivity index (χ1v) is 15.4. The first-order valence-electron chi connectivity index (χ1n) is 15.4. The summed E-state index contributed by atoms with van der Waals surface area (Å²) in [7, 11) is 0. The standard InChI is InChI=1S/C42H30N2/c1-3-13-29(14-4-1)30-15-11-18-33(27-30)44-40-24-10-7-19-35(40)37-22-12-21-34(42(37)44)31-25-26-41-38(28-31)36-20-8-9-23-39(36)43(41)32-16-5-2-6-17-32/h1-7,9-19,21-28H,8,20H2. The number of para-hydroxylation sites is 3. The number of aromatic nitrogens is 2. The Morgan fingerprint density at radius 3 is 2.05 bits per heavy atom. The molecule has 0 saturated heterocycles. The number of hydrogen-bond donors (Lipinski definition) is 0. The van der Waals surface area contributed by atoms with Gasteiger partial charge in [0.1, 0.15) is 0 Å². The fraction of sp³-hybridized carbons (Fsp3) is 0.0476. The van der Waals surface area contributed by atoms with Gasteiger partial charge in [-0.1, -0.05) is 109 Å². The van der Waals surface area contributed by atoms with Crippen LogP contribution in [0.15, 0.2) is 152 Å². The van der Waals surface area contributed by atoms with Crippen LogP contribution >= 0.6 is 0 Å². The van der Waals surface area contributed by atoms with E-state index in [1.54, 1.807) is 0 Å².